The second kappa shape index (κ2) is 5.40. The van der Waals surface area contributed by atoms with E-state index in [2.05, 4.69) is 22.6 Å². The second-order valence-corrected chi connectivity index (χ2v) is 4.13. The molecule has 5 heteroatoms. The molecule has 0 aliphatic carbocycles. The van der Waals surface area contributed by atoms with Crippen molar-refractivity contribution < 1.29 is 4.74 Å². The van der Waals surface area contributed by atoms with Gasteiger partial charge in [0.1, 0.15) is 0 Å². The van der Waals surface area contributed by atoms with Crippen molar-refractivity contribution in [2.24, 2.45) is 5.92 Å². The fourth-order valence-corrected chi connectivity index (χ4v) is 1.56. The minimum Gasteiger partial charge on any atom is -0.475 e. The van der Waals surface area contributed by atoms with E-state index in [4.69, 9.17) is 16.3 Å². The summed E-state index contributed by atoms with van der Waals surface area (Å²) in [7, 11) is 0. The lowest BCUT2D eigenvalue weighted by atomic mass is 10.1. The predicted molar refractivity (Wildman–Crippen MR) is 54.5 cm³/mol. The third-order valence-corrected chi connectivity index (χ3v) is 2.44. The number of hydrogen-bond acceptors (Lipinski definition) is 4. The summed E-state index contributed by atoms with van der Waals surface area (Å²) >= 11 is 6.77. The molecule has 1 aromatic rings. The Bertz CT molecular complexity index is 252. The monoisotopic (exact) mass is 220 g/mol. The summed E-state index contributed by atoms with van der Waals surface area (Å²) in [6, 6.07) is 0. The van der Waals surface area contributed by atoms with Gasteiger partial charge < -0.3 is 4.74 Å². The Kier molecular flexibility index (Phi) is 4.45. The summed E-state index contributed by atoms with van der Waals surface area (Å²) in [5, 5.41) is 0.370. The second-order valence-electron chi connectivity index (χ2n) is 3.24. The Balaban J connectivity index is 2.17. The molecule has 0 amide bonds. The maximum Gasteiger partial charge on any atom is 0.265 e. The average molecular weight is 221 g/mol. The first-order valence-corrected chi connectivity index (χ1v) is 5.42. The summed E-state index contributed by atoms with van der Waals surface area (Å²) < 4.78 is 13.0. The number of halogens is 1. The Morgan fingerprint density at radius 1 is 1.46 bits per heavy atom. The molecule has 0 saturated carbocycles. The summed E-state index contributed by atoms with van der Waals surface area (Å²) in [5.41, 5.74) is 0. The molecule has 0 aliphatic heterocycles. The van der Waals surface area contributed by atoms with Gasteiger partial charge in [-0.25, -0.2) is 0 Å². The molecule has 0 spiro atoms. The highest BCUT2D eigenvalue weighted by atomic mass is 35.5. The molecule has 1 aromatic heterocycles. The van der Waals surface area contributed by atoms with Crippen LogP contribution in [-0.2, 0) is 0 Å². The van der Waals surface area contributed by atoms with Crippen LogP contribution in [0.2, 0.25) is 5.15 Å². The zero-order chi connectivity index (χ0) is 9.68. The minimum atomic E-state index is 0.370. The number of hydrogen-bond donors (Lipinski definition) is 0. The lowest BCUT2D eigenvalue weighted by molar-refractivity contribution is 0.289. The van der Waals surface area contributed by atoms with Crippen molar-refractivity contribution in [1.82, 2.24) is 8.75 Å². The predicted octanol–water partition coefficient (Wildman–Crippen LogP) is 3.01. The third kappa shape index (κ3) is 3.91. The van der Waals surface area contributed by atoms with Crippen molar-refractivity contribution in [2.45, 2.75) is 26.7 Å². The first-order valence-electron chi connectivity index (χ1n) is 4.31. The van der Waals surface area contributed by atoms with Crippen LogP contribution in [-0.4, -0.2) is 15.4 Å². The number of ether oxygens (including phenoxy) is 1. The van der Waals surface area contributed by atoms with Crippen LogP contribution in [0.25, 0.3) is 0 Å². The van der Waals surface area contributed by atoms with E-state index in [1.54, 1.807) is 0 Å². The van der Waals surface area contributed by atoms with Crippen molar-refractivity contribution in [3.05, 3.63) is 5.15 Å². The molecule has 74 valence electrons. The standard InChI is InChI=1S/C8H13ClN2OS/c1-6(2)4-3-5-12-8-7(9)10-13-11-8/h6H,3-5H2,1-2H3. The molecule has 0 atom stereocenters. The molecule has 0 aliphatic rings. The van der Waals surface area contributed by atoms with E-state index >= 15 is 0 Å². The van der Waals surface area contributed by atoms with Crippen molar-refractivity contribution in [3.63, 3.8) is 0 Å². The molecule has 0 N–H and O–H groups in total. The number of nitrogens with zero attached hydrogens (tertiary/aromatic N) is 2. The Labute approximate surface area is 87.4 Å². The largest absolute Gasteiger partial charge is 0.475 e. The molecule has 0 unspecified atom stereocenters. The van der Waals surface area contributed by atoms with Crippen LogP contribution < -0.4 is 4.74 Å². The van der Waals surface area contributed by atoms with Crippen molar-refractivity contribution in [3.8, 4) is 5.88 Å². The molecular weight excluding hydrogens is 208 g/mol. The molecule has 0 radical (unpaired) electrons. The van der Waals surface area contributed by atoms with Gasteiger partial charge in [-0.05, 0) is 18.8 Å². The van der Waals surface area contributed by atoms with Gasteiger partial charge in [-0.15, -0.1) is 4.37 Å². The quantitative estimate of drug-likeness (QED) is 0.716. The molecule has 0 fully saturated rings. The van der Waals surface area contributed by atoms with E-state index in [1.165, 1.54) is 0 Å². The summed E-state index contributed by atoms with van der Waals surface area (Å²) in [6.45, 7) is 5.05. The van der Waals surface area contributed by atoms with Gasteiger partial charge >= 0.3 is 0 Å². The normalized spacial score (nSPS) is 10.8. The fourth-order valence-electron chi connectivity index (χ4n) is 0.916. The van der Waals surface area contributed by atoms with E-state index in [0.29, 0.717) is 23.6 Å². The van der Waals surface area contributed by atoms with Gasteiger partial charge in [0.25, 0.3) is 5.88 Å². The molecular formula is C8H13ClN2OS. The average Bonchev–Trinajstić information content (AvgIpc) is 2.45. The van der Waals surface area contributed by atoms with Crippen LogP contribution >= 0.6 is 23.3 Å². The highest BCUT2D eigenvalue weighted by Gasteiger charge is 2.05. The highest BCUT2D eigenvalue weighted by Crippen LogP contribution is 2.20. The molecule has 13 heavy (non-hydrogen) atoms. The summed E-state index contributed by atoms with van der Waals surface area (Å²) in [4.78, 5) is 0. The molecule has 0 saturated heterocycles. The van der Waals surface area contributed by atoms with E-state index in [-0.39, 0.29) is 0 Å². The lowest BCUT2D eigenvalue weighted by Gasteiger charge is -2.04. The van der Waals surface area contributed by atoms with Gasteiger partial charge in [-0.2, -0.15) is 4.37 Å². The summed E-state index contributed by atoms with van der Waals surface area (Å²) in [5.74, 6) is 1.18. The number of aromatic nitrogens is 2. The van der Waals surface area contributed by atoms with Crippen LogP contribution in [0.5, 0.6) is 5.88 Å². The van der Waals surface area contributed by atoms with Crippen LogP contribution in [0, 0.1) is 5.92 Å². The first-order chi connectivity index (χ1) is 6.20. The Morgan fingerprint density at radius 3 is 2.77 bits per heavy atom. The topological polar surface area (TPSA) is 35.0 Å². The van der Waals surface area contributed by atoms with E-state index < -0.39 is 0 Å². The van der Waals surface area contributed by atoms with Gasteiger partial charge in [0, 0.05) is 0 Å². The van der Waals surface area contributed by atoms with Gasteiger partial charge in [-0.1, -0.05) is 25.4 Å². The van der Waals surface area contributed by atoms with Crippen molar-refractivity contribution in [1.29, 1.82) is 0 Å². The van der Waals surface area contributed by atoms with Gasteiger partial charge in [0.15, 0.2) is 0 Å². The van der Waals surface area contributed by atoms with E-state index in [1.807, 2.05) is 0 Å². The SMILES string of the molecule is CC(C)CCCOc1nsnc1Cl. The first kappa shape index (κ1) is 10.7. The van der Waals surface area contributed by atoms with Crippen LogP contribution in [0.1, 0.15) is 26.7 Å². The van der Waals surface area contributed by atoms with Gasteiger partial charge in [-0.3, -0.25) is 0 Å². The van der Waals surface area contributed by atoms with Gasteiger partial charge in [0.2, 0.25) is 5.15 Å². The molecule has 3 nitrogen and oxygen atoms in total. The lowest BCUT2D eigenvalue weighted by Crippen LogP contribution is -1.99. The van der Waals surface area contributed by atoms with Crippen LogP contribution in [0.4, 0.5) is 0 Å². The van der Waals surface area contributed by atoms with Crippen molar-refractivity contribution in [2.75, 3.05) is 6.61 Å². The van der Waals surface area contributed by atoms with E-state index in [9.17, 15) is 0 Å². The van der Waals surface area contributed by atoms with Crippen LogP contribution in [0.3, 0.4) is 0 Å². The molecule has 1 heterocycles. The van der Waals surface area contributed by atoms with Crippen molar-refractivity contribution >= 4 is 23.3 Å². The zero-order valence-corrected chi connectivity index (χ0v) is 9.36. The maximum atomic E-state index is 5.69. The zero-order valence-electron chi connectivity index (χ0n) is 7.79. The fraction of sp³-hybridized carbons (Fsp3) is 0.750. The third-order valence-electron chi connectivity index (χ3n) is 1.59. The minimum absolute atomic E-state index is 0.370. The van der Waals surface area contributed by atoms with E-state index in [0.717, 1.165) is 24.6 Å². The molecule has 0 bridgehead atoms. The molecule has 0 aromatic carbocycles. The molecule has 1 rings (SSSR count). The maximum absolute atomic E-state index is 5.69. The highest BCUT2D eigenvalue weighted by molar-refractivity contribution is 6.99. The summed E-state index contributed by atoms with van der Waals surface area (Å²) in [6.07, 6.45) is 2.20. The van der Waals surface area contributed by atoms with Gasteiger partial charge in [0.05, 0.1) is 18.3 Å². The number of rotatable bonds is 5. The Morgan fingerprint density at radius 2 is 2.23 bits per heavy atom. The van der Waals surface area contributed by atoms with Crippen LogP contribution in [0.15, 0.2) is 0 Å². The Hall–Kier alpha value is -0.350. The smallest absolute Gasteiger partial charge is 0.265 e.